The molecule has 0 N–H and O–H groups in total. The Hall–Kier alpha value is -4.93. The molecule has 0 saturated carbocycles. The van der Waals surface area contributed by atoms with Crippen molar-refractivity contribution >= 4 is 44.6 Å². The van der Waals surface area contributed by atoms with Crippen LogP contribution in [-0.2, 0) is 26.5 Å². The molecule has 0 saturated heterocycles. The van der Waals surface area contributed by atoms with Gasteiger partial charge >= 0.3 is 0 Å². The van der Waals surface area contributed by atoms with Gasteiger partial charge in [-0.25, -0.2) is 4.98 Å². The molecule has 7 heteroatoms. The van der Waals surface area contributed by atoms with Crippen molar-refractivity contribution in [2.45, 2.75) is 47.0 Å². The maximum absolute atomic E-state index is 6.49. The van der Waals surface area contributed by atoms with E-state index < -0.39 is 0 Å². The smallest absolute Gasteiger partial charge is 0.135 e. The molecular formula is C42H36N5OPt-3. The fraction of sp³-hybridized carbons (Fsp3) is 0.167. The predicted octanol–water partition coefficient (Wildman–Crippen LogP) is 10.6. The third-order valence-corrected chi connectivity index (χ3v) is 9.03. The van der Waals surface area contributed by atoms with Crippen molar-refractivity contribution in [2.24, 2.45) is 0 Å². The molecule has 4 heterocycles. The first-order valence-electron chi connectivity index (χ1n) is 16.2. The van der Waals surface area contributed by atoms with Gasteiger partial charge in [0.2, 0.25) is 0 Å². The van der Waals surface area contributed by atoms with Gasteiger partial charge in [0.25, 0.3) is 0 Å². The molecule has 0 radical (unpaired) electrons. The summed E-state index contributed by atoms with van der Waals surface area (Å²) >= 11 is 0. The topological polar surface area (TPSA) is 46.4 Å². The summed E-state index contributed by atoms with van der Waals surface area (Å²) in [7, 11) is 0. The Morgan fingerprint density at radius 3 is 2.31 bits per heavy atom. The summed E-state index contributed by atoms with van der Waals surface area (Å²) in [6.07, 6.45) is 5.64. The van der Waals surface area contributed by atoms with Gasteiger partial charge in [-0.05, 0) is 72.5 Å². The molecule has 0 amide bonds. The van der Waals surface area contributed by atoms with Gasteiger partial charge in [-0.3, -0.25) is 4.98 Å². The Bertz CT molecular complexity index is 2330. The number of aromatic nitrogens is 3. The van der Waals surface area contributed by atoms with E-state index in [9.17, 15) is 0 Å². The molecule has 6 nitrogen and oxygen atoms in total. The standard InChI is InChI=1S/C42H36N5O.Pt/c1-27-20-28(2)41(29(3)21-27)46-26-45(37-17-18-43-25-39(37)46)31-10-9-11-32(23-31)48-33-14-15-35-34-12-7-8-13-36(34)47(38(35)24-33)40-22-30(16-19-44-40)42(4,5)6;/h7-22,25-26H,1-6H3;/q-3;. The zero-order valence-corrected chi connectivity index (χ0v) is 30.6. The van der Waals surface area contributed by atoms with Crippen molar-refractivity contribution in [2.75, 3.05) is 9.80 Å². The Balaban J connectivity index is 0.00000378. The molecule has 49 heavy (non-hydrogen) atoms. The minimum absolute atomic E-state index is 0. The van der Waals surface area contributed by atoms with E-state index in [-0.39, 0.29) is 26.5 Å². The van der Waals surface area contributed by atoms with Gasteiger partial charge in [0, 0.05) is 61.8 Å². The third kappa shape index (κ3) is 5.78. The number of anilines is 4. The van der Waals surface area contributed by atoms with Crippen molar-refractivity contribution < 1.29 is 25.8 Å². The maximum Gasteiger partial charge on any atom is 0.135 e. The summed E-state index contributed by atoms with van der Waals surface area (Å²) in [6.45, 7) is 15.2. The fourth-order valence-electron chi connectivity index (χ4n) is 6.86. The molecule has 0 atom stereocenters. The SMILES string of the molecule is Cc1cc(C)c(N2[CH-]N(c3[c-]c(Oc4[c-]c5c(cc4)c4ccccc4n5-c4cc(C(C)(C)C)ccn4)ccc3)c3ccncc32)c(C)c1.[Pt]. The molecule has 0 fully saturated rings. The Labute approximate surface area is 302 Å². The molecule has 8 rings (SSSR count). The van der Waals surface area contributed by atoms with Crippen LogP contribution in [0.2, 0.25) is 0 Å². The van der Waals surface area contributed by atoms with E-state index in [0.717, 1.165) is 50.4 Å². The number of pyridine rings is 2. The van der Waals surface area contributed by atoms with Crippen LogP contribution in [0.15, 0.2) is 104 Å². The minimum Gasteiger partial charge on any atom is -0.509 e. The number of benzene rings is 4. The van der Waals surface area contributed by atoms with Crippen LogP contribution < -0.4 is 14.5 Å². The number of rotatable bonds is 5. The summed E-state index contributed by atoms with van der Waals surface area (Å²) in [4.78, 5) is 13.6. The van der Waals surface area contributed by atoms with Gasteiger partial charge in [-0.2, -0.15) is 12.1 Å². The normalized spacial score (nSPS) is 12.8. The largest absolute Gasteiger partial charge is 0.509 e. The van der Waals surface area contributed by atoms with Crippen LogP contribution in [0, 0.1) is 39.6 Å². The summed E-state index contributed by atoms with van der Waals surface area (Å²) in [5, 5.41) is 2.24. The summed E-state index contributed by atoms with van der Waals surface area (Å²) in [5.41, 5.74) is 11.0. The molecule has 3 aromatic heterocycles. The quantitative estimate of drug-likeness (QED) is 0.162. The molecule has 0 bridgehead atoms. The van der Waals surface area contributed by atoms with Crippen molar-refractivity contribution in [3.8, 4) is 17.3 Å². The molecule has 0 spiro atoms. The van der Waals surface area contributed by atoms with Crippen molar-refractivity contribution in [3.05, 3.63) is 145 Å². The van der Waals surface area contributed by atoms with Gasteiger partial charge in [-0.1, -0.05) is 62.2 Å². The van der Waals surface area contributed by atoms with Gasteiger partial charge in [0.15, 0.2) is 0 Å². The van der Waals surface area contributed by atoms with E-state index in [0.29, 0.717) is 11.5 Å². The number of fused-ring (bicyclic) bond motifs is 4. The number of nitrogens with zero attached hydrogens (tertiary/aromatic N) is 5. The van der Waals surface area contributed by atoms with Crippen LogP contribution in [0.5, 0.6) is 11.5 Å². The number of aryl methyl sites for hydroxylation is 3. The average Bonchev–Trinajstić information content (AvgIpc) is 3.60. The second-order valence-corrected chi connectivity index (χ2v) is 13.6. The maximum atomic E-state index is 6.49. The van der Waals surface area contributed by atoms with Gasteiger partial charge in [-0.15, -0.1) is 48.1 Å². The van der Waals surface area contributed by atoms with E-state index in [1.54, 1.807) is 0 Å². The van der Waals surface area contributed by atoms with Gasteiger partial charge < -0.3 is 19.1 Å². The van der Waals surface area contributed by atoms with Crippen molar-refractivity contribution in [1.29, 1.82) is 0 Å². The second kappa shape index (κ2) is 12.5. The van der Waals surface area contributed by atoms with Crippen molar-refractivity contribution in [3.63, 3.8) is 0 Å². The zero-order valence-electron chi connectivity index (χ0n) is 28.4. The number of hydrogen-bond donors (Lipinski definition) is 0. The molecule has 1 aliphatic rings. The van der Waals surface area contributed by atoms with Crippen LogP contribution in [-0.4, -0.2) is 14.5 Å². The number of para-hydroxylation sites is 1. The van der Waals surface area contributed by atoms with Crippen LogP contribution in [0.25, 0.3) is 27.6 Å². The number of hydrogen-bond acceptors (Lipinski definition) is 5. The van der Waals surface area contributed by atoms with E-state index in [4.69, 9.17) is 9.72 Å². The van der Waals surface area contributed by atoms with E-state index in [2.05, 4.69) is 134 Å². The van der Waals surface area contributed by atoms with Gasteiger partial charge in [0.05, 0.1) is 11.9 Å². The Kier molecular flexibility index (Phi) is 8.32. The molecule has 7 aromatic rings. The Morgan fingerprint density at radius 1 is 0.735 bits per heavy atom. The average molecular weight is 822 g/mol. The summed E-state index contributed by atoms with van der Waals surface area (Å²) < 4.78 is 8.67. The van der Waals surface area contributed by atoms with Crippen LogP contribution in [0.3, 0.4) is 0 Å². The monoisotopic (exact) mass is 821 g/mol. The van der Waals surface area contributed by atoms with E-state index in [1.165, 1.54) is 22.3 Å². The summed E-state index contributed by atoms with van der Waals surface area (Å²) in [6, 6.07) is 36.3. The summed E-state index contributed by atoms with van der Waals surface area (Å²) in [5.74, 6) is 2.06. The zero-order chi connectivity index (χ0) is 33.2. The first-order chi connectivity index (χ1) is 23.2. The second-order valence-electron chi connectivity index (χ2n) is 13.6. The van der Waals surface area contributed by atoms with Crippen LogP contribution in [0.1, 0.15) is 43.0 Å². The van der Waals surface area contributed by atoms with E-state index in [1.807, 2.05) is 48.9 Å². The van der Waals surface area contributed by atoms with Crippen LogP contribution in [0.4, 0.5) is 22.7 Å². The molecule has 0 unspecified atom stereocenters. The van der Waals surface area contributed by atoms with Crippen molar-refractivity contribution in [1.82, 2.24) is 14.5 Å². The molecule has 1 aliphatic heterocycles. The fourth-order valence-corrected chi connectivity index (χ4v) is 6.86. The number of ether oxygens (including phenoxy) is 1. The van der Waals surface area contributed by atoms with Gasteiger partial charge in [0.1, 0.15) is 5.82 Å². The Morgan fingerprint density at radius 2 is 1.51 bits per heavy atom. The molecule has 0 aliphatic carbocycles. The third-order valence-electron chi connectivity index (χ3n) is 9.03. The predicted molar refractivity (Wildman–Crippen MR) is 195 cm³/mol. The first-order valence-corrected chi connectivity index (χ1v) is 16.2. The molecule has 248 valence electrons. The minimum atomic E-state index is -0.00604. The van der Waals surface area contributed by atoms with Crippen LogP contribution >= 0.6 is 0 Å². The first kappa shape index (κ1) is 32.6. The molecular weight excluding hydrogens is 786 g/mol. The molecule has 4 aromatic carbocycles. The van der Waals surface area contributed by atoms with E-state index >= 15 is 0 Å².